The van der Waals surface area contributed by atoms with Crippen LogP contribution in [-0.2, 0) is 0 Å². The predicted molar refractivity (Wildman–Crippen MR) is 257 cm³/mol. The quantitative estimate of drug-likeness (QED) is 0.157. The van der Waals surface area contributed by atoms with Crippen molar-refractivity contribution in [3.8, 4) is 40.1 Å². The summed E-state index contributed by atoms with van der Waals surface area (Å²) in [5.74, 6) is 1.76. The summed E-state index contributed by atoms with van der Waals surface area (Å²) in [5.41, 5.74) is 10.4. The third kappa shape index (κ3) is 5.44. The van der Waals surface area contributed by atoms with Crippen LogP contribution in [0.5, 0.6) is 0 Å². The number of benzene rings is 8. The van der Waals surface area contributed by atoms with Gasteiger partial charge in [-0.05, 0) is 48.5 Å². The fourth-order valence-electron chi connectivity index (χ4n) is 9.44. The van der Waals surface area contributed by atoms with Crippen molar-refractivity contribution in [1.82, 2.24) is 28.7 Å². The van der Waals surface area contributed by atoms with Crippen LogP contribution in [0.3, 0.4) is 0 Å². The van der Waals surface area contributed by atoms with E-state index in [0.717, 1.165) is 60.9 Å². The molecule has 12 rings (SSSR count). The second-order valence-corrected chi connectivity index (χ2v) is 22.0. The van der Waals surface area contributed by atoms with Crippen LogP contribution < -0.4 is 5.19 Å². The van der Waals surface area contributed by atoms with E-state index in [9.17, 15) is 0 Å². The summed E-state index contributed by atoms with van der Waals surface area (Å²) in [6.07, 6.45) is 0. The van der Waals surface area contributed by atoms with E-state index in [-0.39, 0.29) is 0 Å². The summed E-state index contributed by atoms with van der Waals surface area (Å²) < 4.78 is 7.05. The molecule has 0 radical (unpaired) electrons. The van der Waals surface area contributed by atoms with Gasteiger partial charge in [0, 0.05) is 37.9 Å². The molecule has 0 fully saturated rings. The highest BCUT2D eigenvalue weighted by Crippen LogP contribution is 2.42. The van der Waals surface area contributed by atoms with Crippen molar-refractivity contribution in [3.63, 3.8) is 0 Å². The van der Waals surface area contributed by atoms with Crippen molar-refractivity contribution in [2.24, 2.45) is 0 Å². The Morgan fingerprint density at radius 1 is 0.344 bits per heavy atom. The topological polar surface area (TPSA) is 53.5 Å². The Labute approximate surface area is 353 Å². The van der Waals surface area contributed by atoms with E-state index in [1.54, 1.807) is 0 Å². The van der Waals surface area contributed by atoms with Crippen LogP contribution in [0, 0.1) is 0 Å². The third-order valence-electron chi connectivity index (χ3n) is 12.3. The molecule has 4 heterocycles. The van der Waals surface area contributed by atoms with Crippen molar-refractivity contribution in [1.29, 1.82) is 0 Å². The van der Waals surface area contributed by atoms with E-state index < -0.39 is 8.07 Å². The van der Waals surface area contributed by atoms with E-state index in [2.05, 4.69) is 203 Å². The Morgan fingerprint density at radius 3 is 1.25 bits per heavy atom. The van der Waals surface area contributed by atoms with E-state index in [1.165, 1.54) is 32.2 Å². The smallest absolute Gasteiger partial charge is 0.238 e. The molecule has 0 unspecified atom stereocenters. The van der Waals surface area contributed by atoms with Crippen molar-refractivity contribution in [2.45, 2.75) is 19.6 Å². The van der Waals surface area contributed by atoms with Gasteiger partial charge in [0.1, 0.15) is 0 Å². The molecule has 0 amide bonds. The van der Waals surface area contributed by atoms with Crippen molar-refractivity contribution >= 4 is 78.7 Å². The van der Waals surface area contributed by atoms with Crippen molar-refractivity contribution in [2.75, 3.05) is 0 Å². The zero-order chi connectivity index (χ0) is 40.8. The number of fused-ring (bicyclic) bond motifs is 9. The molecule has 0 N–H and O–H groups in total. The van der Waals surface area contributed by atoms with E-state index >= 15 is 0 Å². The summed E-state index contributed by atoms with van der Waals surface area (Å²) in [5, 5.41) is 8.52. The van der Waals surface area contributed by atoms with Crippen LogP contribution in [0.15, 0.2) is 188 Å². The fraction of sp³-hybridized carbons (Fsp3) is 0.0556. The van der Waals surface area contributed by atoms with Crippen LogP contribution in [0.1, 0.15) is 0 Å². The third-order valence-corrected chi connectivity index (χ3v) is 14.3. The zero-order valence-corrected chi connectivity index (χ0v) is 35.1. The van der Waals surface area contributed by atoms with Crippen LogP contribution >= 0.6 is 0 Å². The van der Waals surface area contributed by atoms with Gasteiger partial charge in [-0.2, -0.15) is 9.97 Å². The average Bonchev–Trinajstić information content (AvgIpc) is 3.94. The molecule has 0 bridgehead atoms. The Kier molecular flexibility index (Phi) is 7.80. The molecule has 6 nitrogen and oxygen atoms in total. The first-order valence-corrected chi connectivity index (χ1v) is 24.4. The summed E-state index contributed by atoms with van der Waals surface area (Å²) >= 11 is 0. The first-order chi connectivity index (χ1) is 29.9. The standard InChI is InChI=1S/C54H40N6Si/c1-61(2,3)36-32-33-42-41-24-9-14-27-45(41)59(50(42)34-36)49-31-17-30-48(58-43-25-12-7-20-37(43)38-21-8-13-26-44(38)58)51(49)53-55-52(35-18-5-4-6-19-35)56-54(57-53)60-46-28-15-10-22-39(46)40-23-11-16-29-47(40)60/h4-34H,1-3H3. The van der Waals surface area contributed by atoms with Gasteiger partial charge in [-0.3, -0.25) is 4.57 Å². The van der Waals surface area contributed by atoms with Gasteiger partial charge in [0.25, 0.3) is 0 Å². The number of hydrogen-bond acceptors (Lipinski definition) is 3. The predicted octanol–water partition coefficient (Wildman–Crippen LogP) is 13.0. The molecule has 7 heteroatoms. The van der Waals surface area contributed by atoms with Crippen molar-refractivity contribution < 1.29 is 0 Å². The van der Waals surface area contributed by atoms with Gasteiger partial charge < -0.3 is 9.13 Å². The second-order valence-electron chi connectivity index (χ2n) is 16.9. The molecule has 0 saturated carbocycles. The first kappa shape index (κ1) is 35.3. The number of nitrogens with zero attached hydrogens (tertiary/aromatic N) is 6. The van der Waals surface area contributed by atoms with Gasteiger partial charge in [0.05, 0.1) is 58.1 Å². The lowest BCUT2D eigenvalue weighted by Crippen LogP contribution is -2.37. The molecule has 0 aliphatic rings. The van der Waals surface area contributed by atoms with Gasteiger partial charge in [-0.25, -0.2) is 4.98 Å². The molecule has 4 aromatic heterocycles. The van der Waals surface area contributed by atoms with E-state index in [0.29, 0.717) is 17.6 Å². The Bertz CT molecular complexity index is 3590. The van der Waals surface area contributed by atoms with Crippen LogP contribution in [-0.4, -0.2) is 36.7 Å². The fourth-order valence-corrected chi connectivity index (χ4v) is 10.6. The first-order valence-electron chi connectivity index (χ1n) is 20.9. The minimum atomic E-state index is -1.70. The molecule has 0 aliphatic heterocycles. The van der Waals surface area contributed by atoms with Gasteiger partial charge >= 0.3 is 0 Å². The average molecular weight is 801 g/mol. The van der Waals surface area contributed by atoms with Crippen LogP contribution in [0.25, 0.3) is 106 Å². The highest BCUT2D eigenvalue weighted by Gasteiger charge is 2.26. The lowest BCUT2D eigenvalue weighted by atomic mass is 10.1. The summed E-state index contributed by atoms with van der Waals surface area (Å²) in [6.45, 7) is 7.25. The second kappa shape index (κ2) is 13.5. The highest BCUT2D eigenvalue weighted by atomic mass is 28.3. The largest absolute Gasteiger partial charge is 0.308 e. The van der Waals surface area contributed by atoms with E-state index in [4.69, 9.17) is 15.0 Å². The van der Waals surface area contributed by atoms with Gasteiger partial charge in [0.15, 0.2) is 11.6 Å². The Morgan fingerprint density at radius 2 is 0.754 bits per heavy atom. The van der Waals surface area contributed by atoms with Crippen LogP contribution in [0.2, 0.25) is 19.6 Å². The molecule has 0 saturated heterocycles. The number of aromatic nitrogens is 6. The molecule has 12 aromatic rings. The minimum absolute atomic E-state index is 0.562. The van der Waals surface area contributed by atoms with Gasteiger partial charge in [-0.1, -0.05) is 164 Å². The molecule has 0 aliphatic carbocycles. The maximum Gasteiger partial charge on any atom is 0.238 e. The maximum absolute atomic E-state index is 5.61. The Balaban J connectivity index is 1.27. The van der Waals surface area contributed by atoms with Crippen LogP contribution in [0.4, 0.5) is 0 Å². The molecule has 0 atom stereocenters. The molecular formula is C54H40N6Si. The summed E-state index contributed by atoms with van der Waals surface area (Å²) in [7, 11) is -1.70. The molecule has 61 heavy (non-hydrogen) atoms. The normalized spacial score (nSPS) is 12.2. The monoisotopic (exact) mass is 800 g/mol. The maximum atomic E-state index is 5.61. The Hall–Kier alpha value is -7.61. The lowest BCUT2D eigenvalue weighted by Gasteiger charge is -2.21. The molecule has 0 spiro atoms. The number of hydrogen-bond donors (Lipinski definition) is 0. The molecule has 290 valence electrons. The van der Waals surface area contributed by atoms with E-state index in [1.807, 2.05) is 18.2 Å². The lowest BCUT2D eigenvalue weighted by molar-refractivity contribution is 0.949. The van der Waals surface area contributed by atoms with Crippen molar-refractivity contribution in [3.05, 3.63) is 188 Å². The van der Waals surface area contributed by atoms with Gasteiger partial charge in [-0.15, -0.1) is 0 Å². The number of rotatable bonds is 6. The zero-order valence-electron chi connectivity index (χ0n) is 34.1. The van der Waals surface area contributed by atoms with Gasteiger partial charge in [0.2, 0.25) is 5.95 Å². The summed E-state index contributed by atoms with van der Waals surface area (Å²) in [6, 6.07) is 67.3. The minimum Gasteiger partial charge on any atom is -0.308 e. The molecule has 8 aromatic carbocycles. The highest BCUT2D eigenvalue weighted by molar-refractivity contribution is 6.88. The summed E-state index contributed by atoms with van der Waals surface area (Å²) in [4.78, 5) is 16.4. The molecular weight excluding hydrogens is 761 g/mol. The number of para-hydroxylation sites is 5. The SMILES string of the molecule is C[Si](C)(C)c1ccc2c3ccccc3n(-c3cccc(-n4c5ccccc5c5ccccc54)c3-c3nc(-c4ccccc4)nc(-n4c5ccccc5c5ccccc54)n3)c2c1.